The first-order valence-electron chi connectivity index (χ1n) is 3.61. The van der Waals surface area contributed by atoms with Gasteiger partial charge in [-0.05, 0) is 0 Å². The van der Waals surface area contributed by atoms with Crippen LogP contribution in [0.3, 0.4) is 0 Å². The first kappa shape index (κ1) is 9.54. The molecule has 0 aromatic carbocycles. The maximum atomic E-state index is 11.2. The fraction of sp³-hybridized carbons (Fsp3) is 0.571. The average molecular weight is 235 g/mol. The molecule has 0 aliphatic rings. The lowest BCUT2D eigenvalue weighted by molar-refractivity contribution is 0.180. The van der Waals surface area contributed by atoms with Crippen LogP contribution in [-0.4, -0.2) is 22.2 Å². The second-order valence-electron chi connectivity index (χ2n) is 2.39. The molecule has 0 atom stereocenters. The van der Waals surface area contributed by atoms with Crippen LogP contribution in [0.5, 0.6) is 0 Å². The molecule has 0 fully saturated rings. The fourth-order valence-electron chi connectivity index (χ4n) is 0.968. The number of H-pyrrole nitrogens is 1. The minimum absolute atomic E-state index is 0.0125. The smallest absolute Gasteiger partial charge is 0.266 e. The maximum Gasteiger partial charge on any atom is 0.266 e. The fourth-order valence-corrected chi connectivity index (χ4v) is 1.32. The third-order valence-corrected chi connectivity index (χ3v) is 1.80. The Morgan fingerprint density at radius 3 is 3.08 bits per heavy atom. The molecular formula is C7H11BrN2O2. The predicted molar refractivity (Wildman–Crippen MR) is 49.6 cm³/mol. The molecule has 1 aromatic rings. The zero-order valence-corrected chi connectivity index (χ0v) is 8.43. The Bertz CT molecular complexity index is 292. The topological polar surface area (TPSA) is 47.0 Å². The summed E-state index contributed by atoms with van der Waals surface area (Å²) in [4.78, 5) is 11.2. The summed E-state index contributed by atoms with van der Waals surface area (Å²) in [5, 5.41) is 3.70. The highest BCUT2D eigenvalue weighted by atomic mass is 79.9. The monoisotopic (exact) mass is 234 g/mol. The van der Waals surface area contributed by atoms with Crippen molar-refractivity contribution in [2.45, 2.75) is 13.2 Å². The number of hydrogen-bond acceptors (Lipinski definition) is 2. The van der Waals surface area contributed by atoms with E-state index in [1.54, 1.807) is 17.9 Å². The molecule has 0 aliphatic carbocycles. The van der Waals surface area contributed by atoms with Crippen molar-refractivity contribution < 1.29 is 4.74 Å². The van der Waals surface area contributed by atoms with E-state index < -0.39 is 0 Å². The van der Waals surface area contributed by atoms with E-state index in [2.05, 4.69) is 21.0 Å². The average Bonchev–Trinajstić information content (AvgIpc) is 2.34. The van der Waals surface area contributed by atoms with Gasteiger partial charge in [-0.2, -0.15) is 0 Å². The van der Waals surface area contributed by atoms with Gasteiger partial charge < -0.3 is 4.74 Å². The van der Waals surface area contributed by atoms with Gasteiger partial charge in [0.15, 0.2) is 0 Å². The van der Waals surface area contributed by atoms with Crippen LogP contribution < -0.4 is 5.56 Å². The number of ether oxygens (including phenoxy) is 1. The highest BCUT2D eigenvalue weighted by Gasteiger charge is 2.00. The Hall–Kier alpha value is -0.550. The molecule has 1 N–H and O–H groups in total. The molecule has 0 saturated carbocycles. The van der Waals surface area contributed by atoms with Crippen molar-refractivity contribution in [1.82, 2.24) is 9.78 Å². The minimum atomic E-state index is -0.0125. The molecule has 1 aromatic heterocycles. The summed E-state index contributed by atoms with van der Waals surface area (Å²) in [5.74, 6) is 0. The van der Waals surface area contributed by atoms with Crippen LogP contribution in [0.25, 0.3) is 0 Å². The number of aryl methyl sites for hydroxylation is 1. The van der Waals surface area contributed by atoms with Crippen molar-refractivity contribution in [2.75, 3.05) is 12.4 Å². The second kappa shape index (κ2) is 4.47. The van der Waals surface area contributed by atoms with E-state index in [-0.39, 0.29) is 5.56 Å². The van der Waals surface area contributed by atoms with Crippen LogP contribution in [0.1, 0.15) is 5.69 Å². The lowest BCUT2D eigenvalue weighted by atomic mass is 10.5. The van der Waals surface area contributed by atoms with Crippen LogP contribution >= 0.6 is 15.9 Å². The molecular weight excluding hydrogens is 224 g/mol. The highest BCUT2D eigenvalue weighted by molar-refractivity contribution is 9.09. The van der Waals surface area contributed by atoms with E-state index in [1.165, 1.54) is 0 Å². The maximum absolute atomic E-state index is 11.2. The molecule has 0 unspecified atom stereocenters. The van der Waals surface area contributed by atoms with Gasteiger partial charge in [0.25, 0.3) is 5.56 Å². The molecule has 5 heteroatoms. The number of nitrogens with one attached hydrogen (secondary N) is 1. The zero-order chi connectivity index (χ0) is 8.97. The van der Waals surface area contributed by atoms with Gasteiger partial charge >= 0.3 is 0 Å². The molecule has 0 amide bonds. The molecule has 4 nitrogen and oxygen atoms in total. The van der Waals surface area contributed by atoms with Crippen molar-refractivity contribution in [3.05, 3.63) is 22.1 Å². The second-order valence-corrected chi connectivity index (χ2v) is 3.19. The van der Waals surface area contributed by atoms with Crippen LogP contribution in [-0.2, 0) is 17.9 Å². The molecule has 0 saturated heterocycles. The van der Waals surface area contributed by atoms with Gasteiger partial charge in [0.2, 0.25) is 0 Å². The van der Waals surface area contributed by atoms with Crippen molar-refractivity contribution in [3.8, 4) is 0 Å². The van der Waals surface area contributed by atoms with Crippen LogP contribution in [0.4, 0.5) is 0 Å². The van der Waals surface area contributed by atoms with E-state index in [0.717, 1.165) is 11.0 Å². The summed E-state index contributed by atoms with van der Waals surface area (Å²) >= 11 is 3.26. The van der Waals surface area contributed by atoms with Crippen molar-refractivity contribution in [3.63, 3.8) is 0 Å². The van der Waals surface area contributed by atoms with E-state index in [9.17, 15) is 4.79 Å². The first-order chi connectivity index (χ1) is 5.77. The molecule has 1 heterocycles. The van der Waals surface area contributed by atoms with Gasteiger partial charge in [0, 0.05) is 18.5 Å². The summed E-state index contributed by atoms with van der Waals surface area (Å²) in [5.41, 5.74) is 0.796. The third kappa shape index (κ3) is 2.22. The largest absolute Gasteiger partial charge is 0.378 e. The molecule has 12 heavy (non-hydrogen) atoms. The molecule has 0 radical (unpaired) electrons. The Morgan fingerprint density at radius 1 is 1.75 bits per heavy atom. The number of rotatable bonds is 4. The standard InChI is InChI=1S/C7H11BrN2O2/c1-12-5-6-4-7(11)10(9-6)3-2-8/h4,9H,2-3,5H2,1H3. The Balaban J connectivity index is 2.78. The van der Waals surface area contributed by atoms with Gasteiger partial charge in [-0.25, -0.2) is 0 Å². The van der Waals surface area contributed by atoms with E-state index in [0.29, 0.717) is 13.2 Å². The number of alkyl halides is 1. The Labute approximate surface area is 78.6 Å². The van der Waals surface area contributed by atoms with Gasteiger partial charge in [-0.3, -0.25) is 14.6 Å². The van der Waals surface area contributed by atoms with Crippen molar-refractivity contribution in [2.24, 2.45) is 0 Å². The lowest BCUT2D eigenvalue weighted by Crippen LogP contribution is -2.16. The SMILES string of the molecule is COCc1cc(=O)n(CCBr)[nH]1. The molecule has 0 bridgehead atoms. The minimum Gasteiger partial charge on any atom is -0.378 e. The molecule has 1 rings (SSSR count). The van der Waals surface area contributed by atoms with Crippen molar-refractivity contribution >= 4 is 15.9 Å². The van der Waals surface area contributed by atoms with Gasteiger partial charge in [-0.15, -0.1) is 0 Å². The summed E-state index contributed by atoms with van der Waals surface area (Å²) in [7, 11) is 1.60. The summed E-state index contributed by atoms with van der Waals surface area (Å²) in [6.45, 7) is 1.10. The Morgan fingerprint density at radius 2 is 2.50 bits per heavy atom. The molecule has 0 spiro atoms. The van der Waals surface area contributed by atoms with Gasteiger partial charge in [-0.1, -0.05) is 15.9 Å². The number of aromatic amines is 1. The van der Waals surface area contributed by atoms with Crippen molar-refractivity contribution in [1.29, 1.82) is 0 Å². The van der Waals surface area contributed by atoms with Crippen LogP contribution in [0, 0.1) is 0 Å². The van der Waals surface area contributed by atoms with Gasteiger partial charge in [0.1, 0.15) is 0 Å². The van der Waals surface area contributed by atoms with Crippen LogP contribution in [0.2, 0.25) is 0 Å². The summed E-state index contributed by atoms with van der Waals surface area (Å²) in [6, 6.07) is 1.55. The number of nitrogens with zero attached hydrogens (tertiary/aromatic N) is 1. The summed E-state index contributed by atoms with van der Waals surface area (Å²) in [6.07, 6.45) is 0. The van der Waals surface area contributed by atoms with E-state index >= 15 is 0 Å². The van der Waals surface area contributed by atoms with Crippen LogP contribution in [0.15, 0.2) is 10.9 Å². The molecule has 68 valence electrons. The van der Waals surface area contributed by atoms with Gasteiger partial charge in [0.05, 0.1) is 18.8 Å². The van der Waals surface area contributed by atoms with E-state index in [1.807, 2.05) is 0 Å². The quantitative estimate of drug-likeness (QED) is 0.781. The lowest BCUT2D eigenvalue weighted by Gasteiger charge is -1.97. The number of hydrogen-bond donors (Lipinski definition) is 1. The van der Waals surface area contributed by atoms with E-state index in [4.69, 9.17) is 4.74 Å². The normalized spacial score (nSPS) is 10.5. The molecule has 0 aliphatic heterocycles. The first-order valence-corrected chi connectivity index (χ1v) is 4.73. The number of aromatic nitrogens is 2. The number of methoxy groups -OCH3 is 1. The Kier molecular flexibility index (Phi) is 3.55. The number of halogens is 1. The predicted octanol–water partition coefficient (Wildman–Crippen LogP) is 0.718. The zero-order valence-electron chi connectivity index (χ0n) is 6.84. The third-order valence-electron chi connectivity index (χ3n) is 1.45. The highest BCUT2D eigenvalue weighted by Crippen LogP contribution is 1.92. The summed E-state index contributed by atoms with van der Waals surface area (Å²) < 4.78 is 6.42.